The molecule has 33 heavy (non-hydrogen) atoms. The number of carbonyl (C=O) groups is 1. The molecule has 0 bridgehead atoms. The normalized spacial score (nSPS) is 11.8. The number of benzene rings is 2. The third kappa shape index (κ3) is 5.38. The Morgan fingerprint density at radius 1 is 1.21 bits per heavy atom. The molecule has 0 radical (unpaired) electrons. The van der Waals surface area contributed by atoms with Crippen molar-refractivity contribution in [2.45, 2.75) is 24.4 Å². The van der Waals surface area contributed by atoms with Crippen molar-refractivity contribution < 1.29 is 17.9 Å². The summed E-state index contributed by atoms with van der Waals surface area (Å²) < 4.78 is 33.0. The number of ether oxygens (including phenoxy) is 1. The molecule has 1 amide bonds. The van der Waals surface area contributed by atoms with Gasteiger partial charge in [0.05, 0.1) is 15.8 Å². The lowest BCUT2D eigenvalue weighted by Gasteiger charge is -2.15. The summed E-state index contributed by atoms with van der Waals surface area (Å²) in [6.45, 7) is 0.962. The third-order valence-electron chi connectivity index (χ3n) is 5.14. The minimum absolute atomic E-state index is 0.0250. The predicted octanol–water partition coefficient (Wildman–Crippen LogP) is 2.28. The van der Waals surface area contributed by atoms with Gasteiger partial charge in [0.15, 0.2) is 4.77 Å². The first-order chi connectivity index (χ1) is 15.7. The van der Waals surface area contributed by atoms with E-state index in [1.165, 1.54) is 24.7 Å². The van der Waals surface area contributed by atoms with Gasteiger partial charge < -0.3 is 15.0 Å². The number of sulfonamides is 1. The van der Waals surface area contributed by atoms with E-state index in [0.717, 1.165) is 4.31 Å². The van der Waals surface area contributed by atoms with Gasteiger partial charge in [-0.15, -0.1) is 0 Å². The van der Waals surface area contributed by atoms with Crippen molar-refractivity contribution in [3.63, 3.8) is 0 Å². The maximum Gasteiger partial charge on any atom is 0.262 e. The molecular formula is C22H26N4O5S2. The van der Waals surface area contributed by atoms with Crippen molar-refractivity contribution in [3.8, 4) is 0 Å². The van der Waals surface area contributed by atoms with Crippen molar-refractivity contribution in [3.05, 3.63) is 68.7 Å². The Morgan fingerprint density at radius 2 is 1.94 bits per heavy atom. The van der Waals surface area contributed by atoms with E-state index in [9.17, 15) is 18.0 Å². The van der Waals surface area contributed by atoms with Crippen LogP contribution in [0.1, 0.15) is 22.3 Å². The van der Waals surface area contributed by atoms with E-state index >= 15 is 0 Å². The largest absolute Gasteiger partial charge is 0.385 e. The Morgan fingerprint density at radius 3 is 2.64 bits per heavy atom. The first-order valence-corrected chi connectivity index (χ1v) is 12.1. The van der Waals surface area contributed by atoms with Crippen LogP contribution in [0.5, 0.6) is 0 Å². The molecule has 3 rings (SSSR count). The molecule has 1 aromatic heterocycles. The lowest BCUT2D eigenvalue weighted by molar-refractivity contribution is 0.0950. The van der Waals surface area contributed by atoms with Gasteiger partial charge >= 0.3 is 0 Å². The number of methoxy groups -OCH3 is 1. The molecule has 0 aliphatic heterocycles. The molecule has 2 aromatic carbocycles. The van der Waals surface area contributed by atoms with E-state index in [2.05, 4.69) is 10.3 Å². The molecule has 0 unspecified atom stereocenters. The van der Waals surface area contributed by atoms with Crippen LogP contribution >= 0.6 is 12.2 Å². The van der Waals surface area contributed by atoms with Crippen LogP contribution in [0.4, 0.5) is 0 Å². The Bertz CT molecular complexity index is 1390. The summed E-state index contributed by atoms with van der Waals surface area (Å²) in [7, 11) is 0.850. The fourth-order valence-electron chi connectivity index (χ4n) is 3.34. The number of nitrogens with zero attached hydrogens (tertiary/aromatic N) is 2. The highest BCUT2D eigenvalue weighted by atomic mass is 32.2. The molecule has 176 valence electrons. The summed E-state index contributed by atoms with van der Waals surface area (Å²) in [6, 6.07) is 11.2. The number of rotatable bonds is 9. The minimum Gasteiger partial charge on any atom is -0.385 e. The zero-order valence-electron chi connectivity index (χ0n) is 18.6. The zero-order valence-corrected chi connectivity index (χ0v) is 20.3. The van der Waals surface area contributed by atoms with Gasteiger partial charge in [0, 0.05) is 46.5 Å². The second-order valence-corrected chi connectivity index (χ2v) is 10.1. The highest BCUT2D eigenvalue weighted by Gasteiger charge is 2.21. The number of aromatic amines is 1. The first-order valence-electron chi connectivity index (χ1n) is 10.2. The third-order valence-corrected chi connectivity index (χ3v) is 7.38. The van der Waals surface area contributed by atoms with Crippen molar-refractivity contribution in [2.75, 3.05) is 27.8 Å². The molecule has 2 N–H and O–H groups in total. The summed E-state index contributed by atoms with van der Waals surface area (Å²) in [5.41, 5.74) is 1.01. The first kappa shape index (κ1) is 24.8. The van der Waals surface area contributed by atoms with Crippen molar-refractivity contribution >= 4 is 39.1 Å². The standard InChI is InChI=1S/C22H26N4O5S2/c1-25(2)33(29,30)19-8-5-4-7-16(19)14-23-20(27)15-9-10-17-18(13-15)24-22(32)26(21(17)28)11-6-12-31-3/h4-5,7-10,13H,6,11-12,14H2,1-3H3,(H,23,27)(H,24,32). The number of H-pyrrole nitrogens is 1. The molecule has 1 heterocycles. The van der Waals surface area contributed by atoms with Gasteiger partial charge in [-0.1, -0.05) is 18.2 Å². The van der Waals surface area contributed by atoms with Gasteiger partial charge in [0.2, 0.25) is 10.0 Å². The Hall–Kier alpha value is -2.86. The topological polar surface area (TPSA) is 114 Å². The number of hydrogen-bond acceptors (Lipinski definition) is 6. The summed E-state index contributed by atoms with van der Waals surface area (Å²) in [4.78, 5) is 28.7. The molecule has 3 aromatic rings. The van der Waals surface area contributed by atoms with Crippen molar-refractivity contribution in [2.24, 2.45) is 0 Å². The maximum absolute atomic E-state index is 12.8. The van der Waals surface area contributed by atoms with E-state index in [0.29, 0.717) is 41.6 Å². The lowest BCUT2D eigenvalue weighted by Crippen LogP contribution is -2.27. The summed E-state index contributed by atoms with van der Waals surface area (Å²) in [6.07, 6.45) is 0.644. The second kappa shape index (κ2) is 10.4. The van der Waals surface area contributed by atoms with E-state index in [1.54, 1.807) is 43.5 Å². The van der Waals surface area contributed by atoms with Gasteiger partial charge in [-0.2, -0.15) is 0 Å². The quantitative estimate of drug-likeness (QED) is 0.351. The monoisotopic (exact) mass is 490 g/mol. The Kier molecular flexibility index (Phi) is 7.80. The van der Waals surface area contributed by atoms with E-state index in [-0.39, 0.29) is 21.8 Å². The molecule has 9 nitrogen and oxygen atoms in total. The highest BCUT2D eigenvalue weighted by Crippen LogP contribution is 2.19. The number of carbonyl (C=O) groups excluding carboxylic acids is 1. The van der Waals surface area contributed by atoms with Crippen LogP contribution < -0.4 is 10.9 Å². The molecule has 11 heteroatoms. The second-order valence-electron chi connectivity index (χ2n) is 7.57. The molecule has 0 aliphatic rings. The molecule has 0 atom stereocenters. The van der Waals surface area contributed by atoms with Gasteiger partial charge in [-0.05, 0) is 48.5 Å². The SMILES string of the molecule is COCCCn1c(=S)[nH]c2cc(C(=O)NCc3ccccc3S(=O)(=O)N(C)C)ccc2c1=O. The molecule has 0 aliphatic carbocycles. The van der Waals surface area contributed by atoms with Crippen LogP contribution in [0.2, 0.25) is 0 Å². The van der Waals surface area contributed by atoms with Gasteiger partial charge in [-0.25, -0.2) is 12.7 Å². The molecule has 0 saturated carbocycles. The minimum atomic E-state index is -3.65. The Balaban J connectivity index is 1.84. The Labute approximate surface area is 197 Å². The molecule has 0 saturated heterocycles. The van der Waals surface area contributed by atoms with Crippen LogP contribution in [0.25, 0.3) is 10.9 Å². The number of amides is 1. The van der Waals surface area contributed by atoms with Gasteiger partial charge in [0.25, 0.3) is 11.5 Å². The fourth-order valence-corrected chi connectivity index (χ4v) is 4.74. The number of aromatic nitrogens is 2. The number of nitrogens with one attached hydrogen (secondary N) is 2. The van der Waals surface area contributed by atoms with Gasteiger partial charge in [-0.3, -0.25) is 14.2 Å². The van der Waals surface area contributed by atoms with Crippen LogP contribution in [0, 0.1) is 4.77 Å². The molecule has 0 fully saturated rings. The number of hydrogen-bond donors (Lipinski definition) is 2. The highest BCUT2D eigenvalue weighted by molar-refractivity contribution is 7.89. The summed E-state index contributed by atoms with van der Waals surface area (Å²) in [5, 5.41) is 3.16. The average Bonchev–Trinajstić information content (AvgIpc) is 2.79. The van der Waals surface area contributed by atoms with Crippen LogP contribution in [0.3, 0.4) is 0 Å². The van der Waals surface area contributed by atoms with E-state index in [4.69, 9.17) is 17.0 Å². The van der Waals surface area contributed by atoms with Crippen LogP contribution in [-0.4, -0.2) is 56.0 Å². The van der Waals surface area contributed by atoms with E-state index in [1.807, 2.05) is 0 Å². The van der Waals surface area contributed by atoms with Crippen molar-refractivity contribution in [1.82, 2.24) is 19.2 Å². The van der Waals surface area contributed by atoms with Crippen LogP contribution in [-0.2, 0) is 27.8 Å². The van der Waals surface area contributed by atoms with Crippen molar-refractivity contribution in [1.29, 1.82) is 0 Å². The predicted molar refractivity (Wildman–Crippen MR) is 128 cm³/mol. The molecular weight excluding hydrogens is 464 g/mol. The number of fused-ring (bicyclic) bond motifs is 1. The van der Waals surface area contributed by atoms with Gasteiger partial charge in [0.1, 0.15) is 0 Å². The van der Waals surface area contributed by atoms with Crippen LogP contribution in [0.15, 0.2) is 52.2 Å². The lowest BCUT2D eigenvalue weighted by atomic mass is 10.1. The zero-order chi connectivity index (χ0) is 24.2. The summed E-state index contributed by atoms with van der Waals surface area (Å²) >= 11 is 5.32. The average molecular weight is 491 g/mol. The van der Waals surface area contributed by atoms with E-state index < -0.39 is 15.9 Å². The summed E-state index contributed by atoms with van der Waals surface area (Å²) in [5.74, 6) is -0.405. The fraction of sp³-hybridized carbons (Fsp3) is 0.318. The molecule has 0 spiro atoms. The smallest absolute Gasteiger partial charge is 0.262 e. The maximum atomic E-state index is 12.8.